The van der Waals surface area contributed by atoms with Crippen LogP contribution < -0.4 is 0 Å². The Kier molecular flexibility index (Phi) is 4.60. The molecular weight excluding hydrogens is 382 g/mol. The van der Waals surface area contributed by atoms with E-state index in [1.807, 2.05) is 50.5 Å². The lowest BCUT2D eigenvalue weighted by Crippen LogP contribution is -2.29. The maximum absolute atomic E-state index is 13.1. The molecule has 4 aromatic rings. The monoisotopic (exact) mass is 399 g/mol. The second kappa shape index (κ2) is 6.90. The topological polar surface area (TPSA) is 46.1 Å². The summed E-state index contributed by atoms with van der Waals surface area (Å²) in [5.41, 5.74) is 2.84. The van der Waals surface area contributed by atoms with Crippen LogP contribution in [0.25, 0.3) is 20.8 Å². The van der Waals surface area contributed by atoms with Gasteiger partial charge in [0.1, 0.15) is 14.9 Å². The lowest BCUT2D eigenvalue weighted by molar-refractivity contribution is 0.0746. The molecule has 0 spiro atoms. The summed E-state index contributed by atoms with van der Waals surface area (Å²) in [6.07, 6.45) is 0. The average molecular weight is 400 g/mol. The van der Waals surface area contributed by atoms with Gasteiger partial charge in [0, 0.05) is 18.0 Å². The molecule has 0 fully saturated rings. The van der Waals surface area contributed by atoms with Gasteiger partial charge in [-0.1, -0.05) is 12.1 Å². The standard InChI is InChI=1S/C19H17N3OS3/c1-11-16(26-18(20-11)13-8-9-24-10-13)19(23)22(3)12(2)17-21-14-6-4-5-7-15(14)25-17/h4-10,12H,1-3H3/t12-/m1/s1. The van der Waals surface area contributed by atoms with Crippen molar-refractivity contribution < 1.29 is 4.79 Å². The number of thiazole rings is 2. The molecule has 7 heteroatoms. The van der Waals surface area contributed by atoms with Gasteiger partial charge < -0.3 is 4.90 Å². The van der Waals surface area contributed by atoms with Crippen molar-refractivity contribution in [2.24, 2.45) is 0 Å². The van der Waals surface area contributed by atoms with Gasteiger partial charge in [-0.2, -0.15) is 11.3 Å². The normalized spacial score (nSPS) is 12.4. The van der Waals surface area contributed by atoms with Gasteiger partial charge in [-0.15, -0.1) is 22.7 Å². The molecule has 0 unspecified atom stereocenters. The molecule has 0 saturated carbocycles. The molecule has 1 atom stereocenters. The van der Waals surface area contributed by atoms with E-state index in [0.717, 1.165) is 31.5 Å². The van der Waals surface area contributed by atoms with Gasteiger partial charge in [-0.05, 0) is 37.4 Å². The highest BCUT2D eigenvalue weighted by Crippen LogP contribution is 2.33. The van der Waals surface area contributed by atoms with Crippen molar-refractivity contribution in [3.63, 3.8) is 0 Å². The van der Waals surface area contributed by atoms with E-state index < -0.39 is 0 Å². The number of carbonyl (C=O) groups excluding carboxylic acids is 1. The first-order chi connectivity index (χ1) is 12.5. The number of para-hydroxylation sites is 1. The van der Waals surface area contributed by atoms with Crippen molar-refractivity contribution in [2.75, 3.05) is 7.05 Å². The van der Waals surface area contributed by atoms with E-state index in [4.69, 9.17) is 4.98 Å². The molecule has 3 aromatic heterocycles. The summed E-state index contributed by atoms with van der Waals surface area (Å²) in [5.74, 6) is -0.00626. The Morgan fingerprint density at radius 2 is 1.96 bits per heavy atom. The predicted molar refractivity (Wildman–Crippen MR) is 110 cm³/mol. The van der Waals surface area contributed by atoms with Crippen LogP contribution >= 0.6 is 34.0 Å². The fourth-order valence-electron chi connectivity index (χ4n) is 2.67. The van der Waals surface area contributed by atoms with Crippen LogP contribution in [0.15, 0.2) is 41.1 Å². The molecule has 26 heavy (non-hydrogen) atoms. The molecule has 4 nitrogen and oxygen atoms in total. The van der Waals surface area contributed by atoms with E-state index in [9.17, 15) is 4.79 Å². The first-order valence-electron chi connectivity index (χ1n) is 8.17. The Labute approximate surface area is 163 Å². The summed E-state index contributed by atoms with van der Waals surface area (Å²) < 4.78 is 1.14. The number of fused-ring (bicyclic) bond motifs is 1. The molecule has 1 amide bonds. The minimum Gasteiger partial charge on any atom is -0.332 e. The summed E-state index contributed by atoms with van der Waals surface area (Å²) in [6, 6.07) is 10.0. The lowest BCUT2D eigenvalue weighted by atomic mass is 10.2. The Morgan fingerprint density at radius 1 is 1.15 bits per heavy atom. The van der Waals surface area contributed by atoms with Crippen molar-refractivity contribution in [1.82, 2.24) is 14.9 Å². The Hall–Kier alpha value is -2.09. The van der Waals surface area contributed by atoms with Crippen molar-refractivity contribution in [3.05, 3.63) is 56.7 Å². The van der Waals surface area contributed by atoms with Gasteiger partial charge in [0.15, 0.2) is 0 Å². The van der Waals surface area contributed by atoms with E-state index in [2.05, 4.69) is 16.4 Å². The smallest absolute Gasteiger partial charge is 0.266 e. The molecule has 1 aromatic carbocycles. The fourth-order valence-corrected chi connectivity index (χ4v) is 5.50. The van der Waals surface area contributed by atoms with Gasteiger partial charge in [0.25, 0.3) is 5.91 Å². The highest BCUT2D eigenvalue weighted by Gasteiger charge is 2.25. The van der Waals surface area contributed by atoms with E-state index in [1.165, 1.54) is 11.3 Å². The zero-order valence-corrected chi connectivity index (χ0v) is 17.0. The number of amides is 1. The largest absolute Gasteiger partial charge is 0.332 e. The van der Waals surface area contributed by atoms with Crippen LogP contribution in [0, 0.1) is 6.92 Å². The third-order valence-corrected chi connectivity index (χ3v) is 7.41. The van der Waals surface area contributed by atoms with Gasteiger partial charge in [0.05, 0.1) is 22.0 Å². The maximum atomic E-state index is 13.1. The van der Waals surface area contributed by atoms with Crippen molar-refractivity contribution in [3.8, 4) is 10.6 Å². The molecule has 0 saturated heterocycles. The first-order valence-corrected chi connectivity index (χ1v) is 10.7. The molecule has 0 aliphatic carbocycles. The number of nitrogens with zero attached hydrogens (tertiary/aromatic N) is 3. The van der Waals surface area contributed by atoms with Crippen LogP contribution in [-0.2, 0) is 0 Å². The molecule has 0 N–H and O–H groups in total. The number of hydrogen-bond acceptors (Lipinski definition) is 6. The number of hydrogen-bond donors (Lipinski definition) is 0. The van der Waals surface area contributed by atoms with E-state index in [-0.39, 0.29) is 11.9 Å². The lowest BCUT2D eigenvalue weighted by Gasteiger charge is -2.22. The molecular formula is C19H17N3OS3. The van der Waals surface area contributed by atoms with Crippen LogP contribution in [0.3, 0.4) is 0 Å². The van der Waals surface area contributed by atoms with Crippen LogP contribution in [0.5, 0.6) is 0 Å². The highest BCUT2D eigenvalue weighted by molar-refractivity contribution is 7.18. The van der Waals surface area contributed by atoms with Crippen LogP contribution in [0.4, 0.5) is 0 Å². The Morgan fingerprint density at radius 3 is 2.69 bits per heavy atom. The predicted octanol–water partition coefficient (Wildman–Crippen LogP) is 5.62. The minimum atomic E-state index is -0.0917. The van der Waals surface area contributed by atoms with Gasteiger partial charge in [0.2, 0.25) is 0 Å². The number of aromatic nitrogens is 2. The molecule has 0 radical (unpaired) electrons. The number of carbonyl (C=O) groups is 1. The summed E-state index contributed by atoms with van der Waals surface area (Å²) in [6.45, 7) is 3.92. The number of rotatable bonds is 4. The molecule has 4 rings (SSSR count). The Bertz CT molecular complexity index is 1030. The van der Waals surface area contributed by atoms with E-state index >= 15 is 0 Å². The second-order valence-corrected chi connectivity index (χ2v) is 8.90. The van der Waals surface area contributed by atoms with Crippen LogP contribution in [0.1, 0.15) is 33.3 Å². The van der Waals surface area contributed by atoms with Crippen molar-refractivity contribution in [1.29, 1.82) is 0 Å². The fraction of sp³-hybridized carbons (Fsp3) is 0.211. The second-order valence-electron chi connectivity index (χ2n) is 6.06. The quantitative estimate of drug-likeness (QED) is 0.447. The Balaban J connectivity index is 1.61. The first kappa shape index (κ1) is 17.3. The van der Waals surface area contributed by atoms with Gasteiger partial charge in [-0.3, -0.25) is 4.79 Å². The summed E-state index contributed by atoms with van der Waals surface area (Å²) in [7, 11) is 1.84. The molecule has 0 aliphatic heterocycles. The number of aryl methyl sites for hydroxylation is 1. The van der Waals surface area contributed by atoms with E-state index in [0.29, 0.717) is 4.88 Å². The maximum Gasteiger partial charge on any atom is 0.266 e. The molecule has 3 heterocycles. The zero-order chi connectivity index (χ0) is 18.3. The van der Waals surface area contributed by atoms with E-state index in [1.54, 1.807) is 27.6 Å². The highest BCUT2D eigenvalue weighted by atomic mass is 32.1. The number of thiophene rings is 1. The third kappa shape index (κ3) is 3.06. The van der Waals surface area contributed by atoms with Crippen molar-refractivity contribution >= 4 is 50.1 Å². The zero-order valence-electron chi connectivity index (χ0n) is 14.6. The molecule has 0 bridgehead atoms. The summed E-state index contributed by atoms with van der Waals surface area (Å²) >= 11 is 4.73. The molecule has 132 valence electrons. The average Bonchev–Trinajstić information content (AvgIpc) is 3.38. The van der Waals surface area contributed by atoms with Crippen LogP contribution in [-0.4, -0.2) is 27.8 Å². The van der Waals surface area contributed by atoms with Crippen LogP contribution in [0.2, 0.25) is 0 Å². The van der Waals surface area contributed by atoms with Gasteiger partial charge in [-0.25, -0.2) is 9.97 Å². The van der Waals surface area contributed by atoms with Gasteiger partial charge >= 0.3 is 0 Å². The van der Waals surface area contributed by atoms with Crippen molar-refractivity contribution in [2.45, 2.75) is 19.9 Å². The molecule has 0 aliphatic rings. The third-order valence-electron chi connectivity index (χ3n) is 4.33. The SMILES string of the molecule is Cc1nc(-c2ccsc2)sc1C(=O)N(C)[C@H](C)c1nc2ccccc2s1. The minimum absolute atomic E-state index is 0.00626. The summed E-state index contributed by atoms with van der Waals surface area (Å²) in [5, 5.41) is 5.92. The summed E-state index contributed by atoms with van der Waals surface area (Å²) in [4.78, 5) is 24.8. The number of benzene rings is 1.